The molecule has 0 radical (unpaired) electrons. The Morgan fingerprint density at radius 1 is 1.30 bits per heavy atom. The number of esters is 1. The predicted octanol–water partition coefficient (Wildman–Crippen LogP) is 2.24. The average molecular weight is 278 g/mol. The van der Waals surface area contributed by atoms with Gasteiger partial charge in [0.15, 0.2) is 0 Å². The summed E-state index contributed by atoms with van der Waals surface area (Å²) in [5.74, 6) is -0.509. The van der Waals surface area contributed by atoms with E-state index in [1.165, 1.54) is 43.5 Å². The first-order valence-corrected chi connectivity index (χ1v) is 6.81. The monoisotopic (exact) mass is 278 g/mol. The molecular formula is C14H18N2O4. The standard InChI is InChI=1S/C14H18N2O4/c17-14(12-5-4-6-13(11-12)16(18)19)20-10-9-15-7-2-1-3-8-15/h4-6,11H,1-3,7-10H2. The molecule has 1 heterocycles. The Hall–Kier alpha value is -1.95. The highest BCUT2D eigenvalue weighted by molar-refractivity contribution is 5.90. The van der Waals surface area contributed by atoms with Gasteiger partial charge in [0.2, 0.25) is 0 Å². The van der Waals surface area contributed by atoms with Crippen LogP contribution in [0.2, 0.25) is 0 Å². The number of carbonyl (C=O) groups is 1. The number of ether oxygens (including phenoxy) is 1. The zero-order chi connectivity index (χ0) is 14.4. The maximum absolute atomic E-state index is 11.8. The van der Waals surface area contributed by atoms with Crippen LogP contribution in [0.5, 0.6) is 0 Å². The lowest BCUT2D eigenvalue weighted by molar-refractivity contribution is -0.384. The van der Waals surface area contributed by atoms with E-state index in [0.717, 1.165) is 19.6 Å². The van der Waals surface area contributed by atoms with E-state index >= 15 is 0 Å². The van der Waals surface area contributed by atoms with Gasteiger partial charge in [-0.05, 0) is 32.0 Å². The third-order valence-electron chi connectivity index (χ3n) is 3.38. The van der Waals surface area contributed by atoms with E-state index in [1.54, 1.807) is 0 Å². The zero-order valence-corrected chi connectivity index (χ0v) is 11.3. The second kappa shape index (κ2) is 7.00. The third kappa shape index (κ3) is 4.03. The largest absolute Gasteiger partial charge is 0.461 e. The second-order valence-electron chi connectivity index (χ2n) is 4.85. The summed E-state index contributed by atoms with van der Waals surface area (Å²) < 4.78 is 5.16. The van der Waals surface area contributed by atoms with E-state index in [4.69, 9.17) is 4.74 Å². The van der Waals surface area contributed by atoms with Crippen LogP contribution < -0.4 is 0 Å². The lowest BCUT2D eigenvalue weighted by Crippen LogP contribution is -2.33. The molecule has 6 heteroatoms. The van der Waals surface area contributed by atoms with Crippen molar-refractivity contribution in [1.29, 1.82) is 0 Å². The molecule has 0 atom stereocenters. The number of benzene rings is 1. The van der Waals surface area contributed by atoms with Crippen LogP contribution in [0.25, 0.3) is 0 Å². The van der Waals surface area contributed by atoms with Crippen LogP contribution in [0.15, 0.2) is 24.3 Å². The molecule has 6 nitrogen and oxygen atoms in total. The van der Waals surface area contributed by atoms with Gasteiger partial charge in [-0.3, -0.25) is 15.0 Å². The average Bonchev–Trinajstić information content (AvgIpc) is 2.48. The number of piperidine rings is 1. The third-order valence-corrected chi connectivity index (χ3v) is 3.38. The molecule has 0 saturated carbocycles. The molecular weight excluding hydrogens is 260 g/mol. The number of carbonyl (C=O) groups excluding carboxylic acids is 1. The van der Waals surface area contributed by atoms with E-state index in [9.17, 15) is 14.9 Å². The van der Waals surface area contributed by atoms with Gasteiger partial charge in [0.25, 0.3) is 5.69 Å². The maximum atomic E-state index is 11.8. The number of nitrogens with zero attached hydrogens (tertiary/aromatic N) is 2. The Morgan fingerprint density at radius 3 is 2.75 bits per heavy atom. The van der Waals surface area contributed by atoms with Crippen molar-refractivity contribution in [3.8, 4) is 0 Å². The van der Waals surface area contributed by atoms with Crippen molar-refractivity contribution >= 4 is 11.7 Å². The first-order chi connectivity index (χ1) is 9.66. The van der Waals surface area contributed by atoms with Gasteiger partial charge in [0, 0.05) is 18.7 Å². The summed E-state index contributed by atoms with van der Waals surface area (Å²) in [5, 5.41) is 10.6. The van der Waals surface area contributed by atoms with E-state index in [2.05, 4.69) is 4.90 Å². The minimum atomic E-state index is -0.523. The molecule has 0 aliphatic carbocycles. The fourth-order valence-corrected chi connectivity index (χ4v) is 2.28. The Labute approximate surface area is 117 Å². The van der Waals surface area contributed by atoms with Crippen LogP contribution in [-0.4, -0.2) is 42.0 Å². The molecule has 0 aromatic heterocycles. The zero-order valence-electron chi connectivity index (χ0n) is 11.3. The molecule has 1 aliphatic rings. The molecule has 0 amide bonds. The van der Waals surface area contributed by atoms with Gasteiger partial charge in [-0.2, -0.15) is 0 Å². The van der Waals surface area contributed by atoms with Gasteiger partial charge < -0.3 is 4.74 Å². The normalized spacial score (nSPS) is 15.8. The first-order valence-electron chi connectivity index (χ1n) is 6.81. The van der Waals surface area contributed by atoms with E-state index in [-0.39, 0.29) is 11.3 Å². The molecule has 1 aliphatic heterocycles. The molecule has 1 aromatic rings. The van der Waals surface area contributed by atoms with Crippen molar-refractivity contribution in [2.24, 2.45) is 0 Å². The SMILES string of the molecule is O=C(OCCN1CCCCC1)c1cccc([N+](=O)[O-])c1. The van der Waals surface area contributed by atoms with Gasteiger partial charge in [0.1, 0.15) is 6.61 Å². The fourth-order valence-electron chi connectivity index (χ4n) is 2.28. The highest BCUT2D eigenvalue weighted by atomic mass is 16.6. The fraction of sp³-hybridized carbons (Fsp3) is 0.500. The second-order valence-corrected chi connectivity index (χ2v) is 4.85. The summed E-state index contributed by atoms with van der Waals surface area (Å²) in [6.45, 7) is 3.14. The minimum absolute atomic E-state index is 0.101. The number of nitro groups is 1. The van der Waals surface area contributed by atoms with Gasteiger partial charge in [0.05, 0.1) is 10.5 Å². The number of rotatable bonds is 5. The molecule has 0 spiro atoms. The van der Waals surface area contributed by atoms with Gasteiger partial charge in [-0.15, -0.1) is 0 Å². The van der Waals surface area contributed by atoms with E-state index in [0.29, 0.717) is 6.61 Å². The summed E-state index contributed by atoms with van der Waals surface area (Å²) in [5.41, 5.74) is 0.119. The topological polar surface area (TPSA) is 72.7 Å². The lowest BCUT2D eigenvalue weighted by Gasteiger charge is -2.25. The minimum Gasteiger partial charge on any atom is -0.461 e. The number of non-ortho nitro benzene ring substituents is 1. The molecule has 0 N–H and O–H groups in total. The molecule has 1 fully saturated rings. The van der Waals surface area contributed by atoms with Crippen LogP contribution >= 0.6 is 0 Å². The molecule has 1 aromatic carbocycles. The van der Waals surface area contributed by atoms with Crippen molar-refractivity contribution < 1.29 is 14.5 Å². The molecule has 0 unspecified atom stereocenters. The Bertz CT molecular complexity index is 484. The van der Waals surface area contributed by atoms with Crippen LogP contribution in [-0.2, 0) is 4.74 Å². The van der Waals surface area contributed by atoms with Gasteiger partial charge >= 0.3 is 5.97 Å². The molecule has 1 saturated heterocycles. The summed E-state index contributed by atoms with van der Waals surface area (Å²) in [6, 6.07) is 5.60. The quantitative estimate of drug-likeness (QED) is 0.469. The van der Waals surface area contributed by atoms with E-state index in [1.807, 2.05) is 0 Å². The highest BCUT2D eigenvalue weighted by Crippen LogP contribution is 2.14. The van der Waals surface area contributed by atoms with Crippen molar-refractivity contribution in [3.63, 3.8) is 0 Å². The molecule has 0 bridgehead atoms. The van der Waals surface area contributed by atoms with Crippen molar-refractivity contribution in [2.75, 3.05) is 26.2 Å². The Morgan fingerprint density at radius 2 is 2.05 bits per heavy atom. The number of nitro benzene ring substituents is 1. The summed E-state index contributed by atoms with van der Waals surface area (Å²) in [4.78, 5) is 24.2. The van der Waals surface area contributed by atoms with E-state index < -0.39 is 10.9 Å². The first kappa shape index (κ1) is 14.5. The predicted molar refractivity (Wildman–Crippen MR) is 73.7 cm³/mol. The molecule has 2 rings (SSSR count). The Balaban J connectivity index is 1.82. The number of hydrogen-bond donors (Lipinski definition) is 0. The van der Waals surface area contributed by atoms with Crippen LogP contribution in [0, 0.1) is 10.1 Å². The molecule has 20 heavy (non-hydrogen) atoms. The van der Waals surface area contributed by atoms with Crippen molar-refractivity contribution in [3.05, 3.63) is 39.9 Å². The summed E-state index contributed by atoms with van der Waals surface area (Å²) in [6.07, 6.45) is 3.65. The van der Waals surface area contributed by atoms with Gasteiger partial charge in [-0.1, -0.05) is 12.5 Å². The van der Waals surface area contributed by atoms with Crippen LogP contribution in [0.4, 0.5) is 5.69 Å². The number of hydrogen-bond acceptors (Lipinski definition) is 5. The van der Waals surface area contributed by atoms with Gasteiger partial charge in [-0.25, -0.2) is 4.79 Å². The summed E-state index contributed by atoms with van der Waals surface area (Å²) in [7, 11) is 0. The number of likely N-dealkylation sites (tertiary alicyclic amines) is 1. The Kier molecular flexibility index (Phi) is 5.06. The lowest BCUT2D eigenvalue weighted by atomic mass is 10.1. The highest BCUT2D eigenvalue weighted by Gasteiger charge is 2.14. The van der Waals surface area contributed by atoms with Crippen molar-refractivity contribution in [1.82, 2.24) is 4.90 Å². The smallest absolute Gasteiger partial charge is 0.338 e. The maximum Gasteiger partial charge on any atom is 0.338 e. The van der Waals surface area contributed by atoms with Crippen LogP contribution in [0.1, 0.15) is 29.6 Å². The van der Waals surface area contributed by atoms with Crippen LogP contribution in [0.3, 0.4) is 0 Å². The molecule has 108 valence electrons. The van der Waals surface area contributed by atoms with Crippen molar-refractivity contribution in [2.45, 2.75) is 19.3 Å². The summed E-state index contributed by atoms with van der Waals surface area (Å²) >= 11 is 0.